The summed E-state index contributed by atoms with van der Waals surface area (Å²) in [6.07, 6.45) is 2.07. The Hall–Kier alpha value is -2.96. The molecule has 0 spiro atoms. The molecule has 3 aromatic rings. The molecule has 7 heteroatoms. The minimum atomic E-state index is 0.191. The second-order valence-electron chi connectivity index (χ2n) is 6.30. The number of nitrogens with zero attached hydrogens (tertiary/aromatic N) is 6. The minimum absolute atomic E-state index is 0.191. The zero-order valence-electron chi connectivity index (χ0n) is 14.2. The predicted octanol–water partition coefficient (Wildman–Crippen LogP) is 1.32. The first-order valence-corrected chi connectivity index (χ1v) is 8.45. The minimum Gasteiger partial charge on any atom is -0.352 e. The molecule has 0 bridgehead atoms. The van der Waals surface area contributed by atoms with E-state index in [0.29, 0.717) is 19.5 Å². The molecule has 4 rings (SSSR count). The highest BCUT2D eigenvalue weighted by Gasteiger charge is 2.22. The van der Waals surface area contributed by atoms with Gasteiger partial charge in [-0.1, -0.05) is 24.3 Å². The summed E-state index contributed by atoms with van der Waals surface area (Å²) in [5.74, 6) is 1.08. The smallest absolute Gasteiger partial charge is 0.227 e. The van der Waals surface area contributed by atoms with Gasteiger partial charge in [-0.25, -0.2) is 0 Å². The molecule has 1 aromatic carbocycles. The van der Waals surface area contributed by atoms with Gasteiger partial charge in [-0.3, -0.25) is 4.79 Å². The van der Waals surface area contributed by atoms with E-state index in [-0.39, 0.29) is 5.91 Å². The van der Waals surface area contributed by atoms with Gasteiger partial charge in [-0.05, 0) is 30.2 Å². The van der Waals surface area contributed by atoms with Gasteiger partial charge in [-0.15, -0.1) is 15.3 Å². The van der Waals surface area contributed by atoms with Crippen molar-refractivity contribution in [1.82, 2.24) is 24.7 Å². The number of hydrogen-bond donors (Lipinski definition) is 0. The second kappa shape index (κ2) is 6.51. The van der Waals surface area contributed by atoms with Crippen molar-refractivity contribution >= 4 is 17.4 Å². The van der Waals surface area contributed by atoms with Gasteiger partial charge in [0.2, 0.25) is 5.91 Å². The first-order valence-electron chi connectivity index (χ1n) is 8.45. The molecule has 0 radical (unpaired) electrons. The highest BCUT2D eigenvalue weighted by Crippen LogP contribution is 2.15. The van der Waals surface area contributed by atoms with Crippen LogP contribution in [0.25, 0.3) is 5.65 Å². The molecule has 1 aliphatic rings. The molecular formula is C18H20N6O. The molecule has 3 heterocycles. The lowest BCUT2D eigenvalue weighted by atomic mass is 10.1. The Balaban J connectivity index is 1.39. The quantitative estimate of drug-likeness (QED) is 0.722. The molecule has 128 valence electrons. The molecule has 7 nitrogen and oxygen atoms in total. The molecule has 0 unspecified atom stereocenters. The Kier molecular flexibility index (Phi) is 4.05. The molecule has 0 saturated carbocycles. The lowest BCUT2D eigenvalue weighted by molar-refractivity contribution is -0.130. The van der Waals surface area contributed by atoms with Gasteiger partial charge >= 0.3 is 0 Å². The number of rotatable bonds is 3. The average Bonchev–Trinajstić information content (AvgIpc) is 3.11. The van der Waals surface area contributed by atoms with Crippen molar-refractivity contribution < 1.29 is 4.79 Å². The number of benzene rings is 1. The van der Waals surface area contributed by atoms with Crippen molar-refractivity contribution in [3.8, 4) is 0 Å². The van der Waals surface area contributed by atoms with E-state index < -0.39 is 0 Å². The number of aromatic nitrogens is 4. The monoisotopic (exact) mass is 336 g/mol. The fourth-order valence-electron chi connectivity index (χ4n) is 3.16. The number of aryl methyl sites for hydroxylation is 1. The topological polar surface area (TPSA) is 66.6 Å². The molecule has 0 N–H and O–H groups in total. The Labute approximate surface area is 145 Å². The molecule has 1 aliphatic heterocycles. The summed E-state index contributed by atoms with van der Waals surface area (Å²) in [5.41, 5.74) is 3.01. The van der Waals surface area contributed by atoms with Gasteiger partial charge in [0.25, 0.3) is 0 Å². The van der Waals surface area contributed by atoms with E-state index in [2.05, 4.69) is 20.2 Å². The van der Waals surface area contributed by atoms with Crippen molar-refractivity contribution in [2.75, 3.05) is 31.1 Å². The first kappa shape index (κ1) is 15.6. The fourth-order valence-corrected chi connectivity index (χ4v) is 3.16. The summed E-state index contributed by atoms with van der Waals surface area (Å²) in [6.45, 7) is 5.03. The third-order valence-electron chi connectivity index (χ3n) is 4.71. The summed E-state index contributed by atoms with van der Waals surface area (Å²) in [5, 5.41) is 12.3. The van der Waals surface area contributed by atoms with Crippen LogP contribution in [0.2, 0.25) is 0 Å². The maximum atomic E-state index is 12.6. The highest BCUT2D eigenvalue weighted by atomic mass is 16.2. The Morgan fingerprint density at radius 3 is 2.68 bits per heavy atom. The number of piperazine rings is 1. The summed E-state index contributed by atoms with van der Waals surface area (Å²) in [4.78, 5) is 16.7. The molecule has 25 heavy (non-hydrogen) atoms. The van der Waals surface area contributed by atoms with Crippen LogP contribution in [-0.4, -0.2) is 56.8 Å². The third-order valence-corrected chi connectivity index (χ3v) is 4.71. The van der Waals surface area contributed by atoms with Crippen molar-refractivity contribution in [2.45, 2.75) is 13.3 Å². The largest absolute Gasteiger partial charge is 0.352 e. The zero-order valence-corrected chi connectivity index (χ0v) is 14.2. The van der Waals surface area contributed by atoms with Gasteiger partial charge in [0.15, 0.2) is 5.65 Å². The lowest BCUT2D eigenvalue weighted by Crippen LogP contribution is -2.49. The van der Waals surface area contributed by atoms with E-state index in [1.807, 2.05) is 48.2 Å². The van der Waals surface area contributed by atoms with E-state index in [9.17, 15) is 4.79 Å². The second-order valence-corrected chi connectivity index (χ2v) is 6.30. The van der Waals surface area contributed by atoms with Gasteiger partial charge in [0, 0.05) is 26.2 Å². The van der Waals surface area contributed by atoms with E-state index in [0.717, 1.165) is 30.1 Å². The number of amides is 1. The number of fused-ring (bicyclic) bond motifs is 1. The molecule has 2 aromatic heterocycles. The van der Waals surface area contributed by atoms with Crippen molar-refractivity contribution in [2.24, 2.45) is 0 Å². The van der Waals surface area contributed by atoms with E-state index >= 15 is 0 Å². The first-order chi connectivity index (χ1) is 12.2. The van der Waals surface area contributed by atoms with Gasteiger partial charge < -0.3 is 9.80 Å². The molecule has 1 saturated heterocycles. The summed E-state index contributed by atoms with van der Waals surface area (Å²) in [7, 11) is 0. The van der Waals surface area contributed by atoms with Gasteiger partial charge in [-0.2, -0.15) is 4.52 Å². The van der Waals surface area contributed by atoms with Gasteiger partial charge in [0.1, 0.15) is 12.1 Å². The standard InChI is InChI=1S/C18H20N6O/c1-14-4-2-3-5-15(14)12-18(25)23-10-8-22(9-11-23)17-7-6-16-20-19-13-24(16)21-17/h2-7,13H,8-12H2,1H3. The van der Waals surface area contributed by atoms with Crippen LogP contribution in [0, 0.1) is 6.92 Å². The number of anilines is 1. The molecule has 0 aliphatic carbocycles. The Morgan fingerprint density at radius 1 is 1.08 bits per heavy atom. The van der Waals surface area contributed by atoms with Crippen molar-refractivity contribution in [3.63, 3.8) is 0 Å². The van der Waals surface area contributed by atoms with Crippen LogP contribution in [0.15, 0.2) is 42.7 Å². The van der Waals surface area contributed by atoms with Crippen LogP contribution < -0.4 is 4.90 Å². The van der Waals surface area contributed by atoms with E-state index in [4.69, 9.17) is 0 Å². The Morgan fingerprint density at radius 2 is 1.88 bits per heavy atom. The molecule has 1 fully saturated rings. The fraction of sp³-hybridized carbons (Fsp3) is 0.333. The van der Waals surface area contributed by atoms with E-state index in [1.54, 1.807) is 10.8 Å². The normalized spacial score (nSPS) is 14.9. The lowest BCUT2D eigenvalue weighted by Gasteiger charge is -2.35. The number of carbonyl (C=O) groups excluding carboxylic acids is 1. The van der Waals surface area contributed by atoms with Crippen LogP contribution in [0.4, 0.5) is 5.82 Å². The third kappa shape index (κ3) is 3.17. The van der Waals surface area contributed by atoms with Crippen LogP contribution >= 0.6 is 0 Å². The molecular weight excluding hydrogens is 316 g/mol. The maximum absolute atomic E-state index is 12.6. The number of carbonyl (C=O) groups is 1. The Bertz CT molecular complexity index is 897. The van der Waals surface area contributed by atoms with Crippen molar-refractivity contribution in [3.05, 3.63) is 53.9 Å². The SMILES string of the molecule is Cc1ccccc1CC(=O)N1CCN(c2ccc3nncn3n2)CC1. The summed E-state index contributed by atoms with van der Waals surface area (Å²) < 4.78 is 1.67. The maximum Gasteiger partial charge on any atom is 0.227 e. The van der Waals surface area contributed by atoms with Crippen LogP contribution in [-0.2, 0) is 11.2 Å². The molecule has 1 amide bonds. The van der Waals surface area contributed by atoms with Gasteiger partial charge in [0.05, 0.1) is 6.42 Å². The summed E-state index contributed by atoms with van der Waals surface area (Å²) >= 11 is 0. The highest BCUT2D eigenvalue weighted by molar-refractivity contribution is 5.79. The van der Waals surface area contributed by atoms with Crippen LogP contribution in [0.3, 0.4) is 0 Å². The van der Waals surface area contributed by atoms with E-state index in [1.165, 1.54) is 5.56 Å². The average molecular weight is 336 g/mol. The molecule has 0 atom stereocenters. The zero-order chi connectivity index (χ0) is 17.2. The number of hydrogen-bond acceptors (Lipinski definition) is 5. The van der Waals surface area contributed by atoms with Crippen LogP contribution in [0.5, 0.6) is 0 Å². The van der Waals surface area contributed by atoms with Crippen molar-refractivity contribution in [1.29, 1.82) is 0 Å². The predicted molar refractivity (Wildman–Crippen MR) is 94.5 cm³/mol. The summed E-state index contributed by atoms with van der Waals surface area (Å²) in [6, 6.07) is 11.9. The van der Waals surface area contributed by atoms with Crippen LogP contribution in [0.1, 0.15) is 11.1 Å².